The molecule has 2 aromatic rings. The fourth-order valence-corrected chi connectivity index (χ4v) is 3.32. The lowest BCUT2D eigenvalue weighted by Gasteiger charge is -2.19. The average Bonchev–Trinajstić information content (AvgIpc) is 2.66. The number of hydrogen-bond acceptors (Lipinski definition) is 6. The van der Waals surface area contributed by atoms with E-state index in [-0.39, 0.29) is 10.3 Å². The maximum absolute atomic E-state index is 12.4. The molecular formula is C20H26N2O5S. The summed E-state index contributed by atoms with van der Waals surface area (Å²) in [7, 11) is 0.739. The van der Waals surface area contributed by atoms with E-state index in [0.29, 0.717) is 22.8 Å². The summed E-state index contributed by atoms with van der Waals surface area (Å²) in [5.41, 5.74) is 1.58. The standard InChI is InChI=1S/C20H26N2O5S/c1-20(2,3)15-7-9-16(10-8-15)28(23,24)22-21-13-14-11-17(25-4)19(27-6)18(12-14)26-5/h7-13,22H,1-6H3. The van der Waals surface area contributed by atoms with Gasteiger partial charge in [-0.15, -0.1) is 0 Å². The Morgan fingerprint density at radius 3 is 1.89 bits per heavy atom. The molecule has 7 nitrogen and oxygen atoms in total. The smallest absolute Gasteiger partial charge is 0.276 e. The Labute approximate surface area is 166 Å². The van der Waals surface area contributed by atoms with Gasteiger partial charge in [-0.2, -0.15) is 13.5 Å². The predicted molar refractivity (Wildman–Crippen MR) is 109 cm³/mol. The number of sulfonamides is 1. The van der Waals surface area contributed by atoms with Gasteiger partial charge in [0.05, 0.1) is 32.4 Å². The Morgan fingerprint density at radius 2 is 1.46 bits per heavy atom. The molecule has 0 saturated heterocycles. The number of methoxy groups -OCH3 is 3. The van der Waals surface area contributed by atoms with E-state index in [2.05, 4.69) is 30.7 Å². The number of benzene rings is 2. The van der Waals surface area contributed by atoms with Crippen LogP contribution >= 0.6 is 0 Å². The lowest BCUT2D eigenvalue weighted by Crippen LogP contribution is -2.19. The van der Waals surface area contributed by atoms with Gasteiger partial charge in [0.1, 0.15) is 0 Å². The molecule has 2 aromatic carbocycles. The van der Waals surface area contributed by atoms with Crippen LogP contribution in [0.4, 0.5) is 0 Å². The lowest BCUT2D eigenvalue weighted by molar-refractivity contribution is 0.324. The molecule has 0 aliphatic rings. The molecule has 0 aliphatic heterocycles. The van der Waals surface area contributed by atoms with Crippen molar-refractivity contribution < 1.29 is 22.6 Å². The molecule has 0 unspecified atom stereocenters. The van der Waals surface area contributed by atoms with Crippen molar-refractivity contribution in [1.29, 1.82) is 0 Å². The largest absolute Gasteiger partial charge is 0.493 e. The molecule has 0 spiro atoms. The summed E-state index contributed by atoms with van der Waals surface area (Å²) in [4.78, 5) is 2.36. The molecule has 0 bridgehead atoms. The molecule has 28 heavy (non-hydrogen) atoms. The van der Waals surface area contributed by atoms with Gasteiger partial charge in [-0.1, -0.05) is 32.9 Å². The molecule has 1 N–H and O–H groups in total. The highest BCUT2D eigenvalue weighted by atomic mass is 32.2. The summed E-state index contributed by atoms with van der Waals surface area (Å²) in [5, 5.41) is 3.85. The zero-order valence-corrected chi connectivity index (χ0v) is 17.8. The molecule has 0 amide bonds. The van der Waals surface area contributed by atoms with Crippen molar-refractivity contribution in [2.75, 3.05) is 21.3 Å². The van der Waals surface area contributed by atoms with Crippen molar-refractivity contribution in [3.8, 4) is 17.2 Å². The van der Waals surface area contributed by atoms with Gasteiger partial charge in [0.15, 0.2) is 11.5 Å². The average molecular weight is 407 g/mol. The van der Waals surface area contributed by atoms with Gasteiger partial charge in [0, 0.05) is 5.56 Å². The molecule has 0 aromatic heterocycles. The Bertz CT molecular complexity index is 921. The van der Waals surface area contributed by atoms with Crippen molar-refractivity contribution in [2.45, 2.75) is 31.1 Å². The Hall–Kier alpha value is -2.74. The van der Waals surface area contributed by atoms with E-state index in [0.717, 1.165) is 5.56 Å². The minimum Gasteiger partial charge on any atom is -0.493 e. The molecule has 8 heteroatoms. The summed E-state index contributed by atoms with van der Waals surface area (Å²) < 4.78 is 40.7. The van der Waals surface area contributed by atoms with Gasteiger partial charge in [0.25, 0.3) is 10.0 Å². The molecule has 2 rings (SSSR count). The summed E-state index contributed by atoms with van der Waals surface area (Å²) in [6.07, 6.45) is 1.37. The van der Waals surface area contributed by atoms with E-state index in [1.54, 1.807) is 36.4 Å². The van der Waals surface area contributed by atoms with E-state index in [4.69, 9.17) is 14.2 Å². The maximum atomic E-state index is 12.4. The number of hydrogen-bond donors (Lipinski definition) is 1. The number of nitrogens with one attached hydrogen (secondary N) is 1. The van der Waals surface area contributed by atoms with E-state index in [1.165, 1.54) is 27.5 Å². The van der Waals surface area contributed by atoms with Crippen molar-refractivity contribution in [3.05, 3.63) is 47.5 Å². The van der Waals surface area contributed by atoms with E-state index in [9.17, 15) is 8.42 Å². The first kappa shape index (κ1) is 21.6. The molecule has 0 fully saturated rings. The third kappa shape index (κ3) is 4.95. The number of nitrogens with zero attached hydrogens (tertiary/aromatic N) is 1. The van der Waals surface area contributed by atoms with Crippen LogP contribution in [0, 0.1) is 0 Å². The highest BCUT2D eigenvalue weighted by Gasteiger charge is 2.17. The summed E-state index contributed by atoms with van der Waals surface area (Å²) in [6.45, 7) is 6.20. The highest BCUT2D eigenvalue weighted by Crippen LogP contribution is 2.37. The molecule has 0 heterocycles. The minimum absolute atomic E-state index is 0.0552. The minimum atomic E-state index is -3.77. The summed E-state index contributed by atoms with van der Waals surface area (Å²) in [5.74, 6) is 1.34. The van der Waals surface area contributed by atoms with Gasteiger partial charge in [0.2, 0.25) is 5.75 Å². The summed E-state index contributed by atoms with van der Waals surface area (Å²) in [6, 6.07) is 10.1. The van der Waals surface area contributed by atoms with Crippen LogP contribution in [-0.4, -0.2) is 36.0 Å². The lowest BCUT2D eigenvalue weighted by atomic mass is 9.87. The van der Waals surface area contributed by atoms with Crippen molar-refractivity contribution >= 4 is 16.2 Å². The van der Waals surface area contributed by atoms with Crippen LogP contribution in [0.15, 0.2) is 46.4 Å². The first-order valence-electron chi connectivity index (χ1n) is 8.58. The van der Waals surface area contributed by atoms with Crippen molar-refractivity contribution in [1.82, 2.24) is 4.83 Å². The number of rotatable bonds is 7. The van der Waals surface area contributed by atoms with E-state index >= 15 is 0 Å². The Morgan fingerprint density at radius 1 is 0.929 bits per heavy atom. The van der Waals surface area contributed by atoms with Crippen LogP contribution in [0.25, 0.3) is 0 Å². The second-order valence-corrected chi connectivity index (χ2v) is 8.75. The van der Waals surface area contributed by atoms with Gasteiger partial charge in [-0.3, -0.25) is 0 Å². The monoisotopic (exact) mass is 406 g/mol. The van der Waals surface area contributed by atoms with Gasteiger partial charge in [-0.25, -0.2) is 4.83 Å². The molecule has 0 aliphatic carbocycles. The molecule has 0 radical (unpaired) electrons. The van der Waals surface area contributed by atoms with Crippen LogP contribution in [-0.2, 0) is 15.4 Å². The Kier molecular flexibility index (Phi) is 6.56. The van der Waals surface area contributed by atoms with E-state index in [1.807, 2.05) is 0 Å². The van der Waals surface area contributed by atoms with Crippen LogP contribution in [0.1, 0.15) is 31.9 Å². The normalized spacial score (nSPS) is 12.1. The Balaban J connectivity index is 2.21. The van der Waals surface area contributed by atoms with Gasteiger partial charge >= 0.3 is 0 Å². The van der Waals surface area contributed by atoms with E-state index < -0.39 is 10.0 Å². The molecule has 152 valence electrons. The van der Waals surface area contributed by atoms with Crippen molar-refractivity contribution in [3.63, 3.8) is 0 Å². The SMILES string of the molecule is COc1cc(C=NNS(=O)(=O)c2ccc(C(C)(C)C)cc2)cc(OC)c1OC. The van der Waals surface area contributed by atoms with Gasteiger partial charge in [-0.05, 0) is 35.2 Å². The third-order valence-corrected chi connectivity index (χ3v) is 5.34. The maximum Gasteiger partial charge on any atom is 0.276 e. The first-order chi connectivity index (χ1) is 13.1. The predicted octanol–water partition coefficient (Wildman–Crippen LogP) is 3.32. The molecule has 0 saturated carbocycles. The second kappa shape index (κ2) is 8.52. The van der Waals surface area contributed by atoms with Crippen LogP contribution in [0.5, 0.6) is 17.2 Å². The van der Waals surface area contributed by atoms with Crippen molar-refractivity contribution in [2.24, 2.45) is 5.10 Å². The molecular weight excluding hydrogens is 380 g/mol. The first-order valence-corrected chi connectivity index (χ1v) is 10.1. The fraction of sp³-hybridized carbons (Fsp3) is 0.350. The van der Waals surface area contributed by atoms with Crippen LogP contribution in [0.3, 0.4) is 0 Å². The second-order valence-electron chi connectivity index (χ2n) is 7.09. The van der Waals surface area contributed by atoms with Gasteiger partial charge < -0.3 is 14.2 Å². The third-order valence-electron chi connectivity index (χ3n) is 4.10. The number of ether oxygens (including phenoxy) is 3. The quantitative estimate of drug-likeness (QED) is 0.563. The zero-order chi connectivity index (χ0) is 20.9. The topological polar surface area (TPSA) is 86.2 Å². The zero-order valence-electron chi connectivity index (χ0n) is 16.9. The van der Waals surface area contributed by atoms with Crippen LogP contribution in [0.2, 0.25) is 0 Å². The van der Waals surface area contributed by atoms with Crippen LogP contribution < -0.4 is 19.0 Å². The molecule has 0 atom stereocenters. The number of hydrazone groups is 1. The summed E-state index contributed by atoms with van der Waals surface area (Å²) >= 11 is 0. The highest BCUT2D eigenvalue weighted by molar-refractivity contribution is 7.89. The fourth-order valence-electron chi connectivity index (χ4n) is 2.53.